The van der Waals surface area contributed by atoms with Gasteiger partial charge in [0.2, 0.25) is 0 Å². The summed E-state index contributed by atoms with van der Waals surface area (Å²) in [6.45, 7) is 2.90. The van der Waals surface area contributed by atoms with Crippen molar-refractivity contribution in [1.82, 2.24) is 0 Å². The van der Waals surface area contributed by atoms with Gasteiger partial charge in [0.1, 0.15) is 24.0 Å². The number of nitriles is 1. The maximum atomic E-state index is 12.7. The van der Waals surface area contributed by atoms with Gasteiger partial charge in [-0.05, 0) is 72.2 Å². The Morgan fingerprint density at radius 3 is 2.46 bits per heavy atom. The summed E-state index contributed by atoms with van der Waals surface area (Å²) in [6, 6.07) is 20.0. The van der Waals surface area contributed by atoms with Crippen LogP contribution < -0.4 is 19.5 Å². The van der Waals surface area contributed by atoms with Crippen LogP contribution in [0.15, 0.2) is 70.7 Å². The fraction of sp³-hybridized carbons (Fsp3) is 0.185. The van der Waals surface area contributed by atoms with Gasteiger partial charge in [-0.15, -0.1) is 0 Å². The fourth-order valence-corrected chi connectivity index (χ4v) is 3.60. The van der Waals surface area contributed by atoms with Crippen molar-refractivity contribution in [2.45, 2.75) is 20.0 Å². The molecule has 0 spiro atoms. The standard InChI is InChI=1S/C27H24BrClN2O4/c1-3-12-34-26-24(29)14-19(15-25(26)33-2)13-20(16-30)27(32)31-22-8-10-23(11-9-22)35-17-18-4-6-21(28)7-5-18/h4-11,13-15H,3,12,17H2,1-2H3,(H,31,32)/b20-13+. The van der Waals surface area contributed by atoms with Crippen molar-refractivity contribution >= 4 is 45.2 Å². The molecule has 3 rings (SSSR count). The van der Waals surface area contributed by atoms with E-state index in [0.717, 1.165) is 16.5 Å². The van der Waals surface area contributed by atoms with Crippen molar-refractivity contribution in [3.63, 3.8) is 0 Å². The topological polar surface area (TPSA) is 80.6 Å². The lowest BCUT2D eigenvalue weighted by molar-refractivity contribution is -0.112. The van der Waals surface area contributed by atoms with Crippen LogP contribution in [0.4, 0.5) is 5.69 Å². The van der Waals surface area contributed by atoms with Gasteiger partial charge < -0.3 is 19.5 Å². The average Bonchev–Trinajstić information content (AvgIpc) is 2.86. The summed E-state index contributed by atoms with van der Waals surface area (Å²) in [4.78, 5) is 12.7. The van der Waals surface area contributed by atoms with Crippen LogP contribution in [0.2, 0.25) is 5.02 Å². The van der Waals surface area contributed by atoms with Gasteiger partial charge >= 0.3 is 0 Å². The first-order chi connectivity index (χ1) is 16.9. The molecular weight excluding hydrogens is 532 g/mol. The number of halogens is 2. The fourth-order valence-electron chi connectivity index (χ4n) is 3.06. The number of benzene rings is 3. The van der Waals surface area contributed by atoms with Crippen molar-refractivity contribution in [3.8, 4) is 23.3 Å². The third-order valence-electron chi connectivity index (χ3n) is 4.81. The molecule has 180 valence electrons. The molecule has 1 N–H and O–H groups in total. The molecule has 0 atom stereocenters. The highest BCUT2D eigenvalue weighted by atomic mass is 79.9. The summed E-state index contributed by atoms with van der Waals surface area (Å²) in [5.41, 5.74) is 2.03. The summed E-state index contributed by atoms with van der Waals surface area (Å²) in [5, 5.41) is 12.6. The van der Waals surface area contributed by atoms with E-state index in [4.69, 9.17) is 25.8 Å². The molecule has 0 bridgehead atoms. The number of methoxy groups -OCH3 is 1. The number of hydrogen-bond acceptors (Lipinski definition) is 5. The summed E-state index contributed by atoms with van der Waals surface area (Å²) >= 11 is 9.75. The molecule has 0 aliphatic carbocycles. The molecule has 0 unspecified atom stereocenters. The Morgan fingerprint density at radius 1 is 1.11 bits per heavy atom. The Morgan fingerprint density at radius 2 is 1.83 bits per heavy atom. The lowest BCUT2D eigenvalue weighted by atomic mass is 10.1. The van der Waals surface area contributed by atoms with Gasteiger partial charge in [0, 0.05) is 10.2 Å². The van der Waals surface area contributed by atoms with E-state index in [1.54, 1.807) is 36.4 Å². The Balaban J connectivity index is 1.67. The number of hydrogen-bond donors (Lipinski definition) is 1. The monoisotopic (exact) mass is 554 g/mol. The Labute approximate surface area is 218 Å². The Bertz CT molecular complexity index is 1240. The van der Waals surface area contributed by atoms with Gasteiger partial charge in [-0.25, -0.2) is 0 Å². The molecule has 3 aromatic rings. The van der Waals surface area contributed by atoms with Crippen LogP contribution in [0.25, 0.3) is 6.08 Å². The summed E-state index contributed by atoms with van der Waals surface area (Å²) in [5.74, 6) is 0.971. The predicted octanol–water partition coefficient (Wildman–Crippen LogP) is 7.02. The van der Waals surface area contributed by atoms with Gasteiger partial charge in [0.05, 0.1) is 18.7 Å². The van der Waals surface area contributed by atoms with Gasteiger partial charge in [0.15, 0.2) is 11.5 Å². The van der Waals surface area contributed by atoms with Crippen LogP contribution in [-0.4, -0.2) is 19.6 Å². The summed E-state index contributed by atoms with van der Waals surface area (Å²) in [7, 11) is 1.50. The summed E-state index contributed by atoms with van der Waals surface area (Å²) < 4.78 is 17.8. The van der Waals surface area contributed by atoms with Gasteiger partial charge in [-0.1, -0.05) is 46.6 Å². The molecule has 0 saturated heterocycles. The van der Waals surface area contributed by atoms with Crippen LogP contribution >= 0.6 is 27.5 Å². The average molecular weight is 556 g/mol. The van der Waals surface area contributed by atoms with Gasteiger partial charge in [-0.3, -0.25) is 4.79 Å². The van der Waals surface area contributed by atoms with E-state index in [-0.39, 0.29) is 5.57 Å². The Kier molecular flexibility index (Phi) is 9.59. The quantitative estimate of drug-likeness (QED) is 0.215. The molecule has 3 aromatic carbocycles. The van der Waals surface area contributed by atoms with Crippen LogP contribution in [-0.2, 0) is 11.4 Å². The molecule has 0 radical (unpaired) electrons. The molecule has 8 heteroatoms. The number of amides is 1. The first-order valence-electron chi connectivity index (χ1n) is 10.8. The zero-order valence-corrected chi connectivity index (χ0v) is 21.7. The number of nitrogens with zero attached hydrogens (tertiary/aromatic N) is 1. The third-order valence-corrected chi connectivity index (χ3v) is 5.62. The minimum atomic E-state index is -0.544. The van der Waals surface area contributed by atoms with Gasteiger partial charge in [-0.2, -0.15) is 5.26 Å². The number of anilines is 1. The minimum absolute atomic E-state index is 0.0825. The van der Waals surface area contributed by atoms with Crippen LogP contribution in [0.3, 0.4) is 0 Å². The van der Waals surface area contributed by atoms with Gasteiger partial charge in [0.25, 0.3) is 5.91 Å². The van der Waals surface area contributed by atoms with E-state index in [1.807, 2.05) is 37.3 Å². The highest BCUT2D eigenvalue weighted by molar-refractivity contribution is 9.10. The second kappa shape index (κ2) is 12.8. The lowest BCUT2D eigenvalue weighted by Gasteiger charge is -2.13. The molecule has 0 fully saturated rings. The molecule has 0 aliphatic heterocycles. The lowest BCUT2D eigenvalue weighted by Crippen LogP contribution is -2.13. The van der Waals surface area contributed by atoms with E-state index < -0.39 is 5.91 Å². The van der Waals surface area contributed by atoms with Crippen LogP contribution in [0, 0.1) is 11.3 Å². The second-order valence-electron chi connectivity index (χ2n) is 7.45. The van der Waals surface area contributed by atoms with E-state index in [2.05, 4.69) is 21.2 Å². The summed E-state index contributed by atoms with van der Waals surface area (Å²) in [6.07, 6.45) is 2.27. The second-order valence-corrected chi connectivity index (χ2v) is 8.77. The largest absolute Gasteiger partial charge is 0.493 e. The molecule has 6 nitrogen and oxygen atoms in total. The number of carbonyl (C=O) groups excluding carboxylic acids is 1. The highest BCUT2D eigenvalue weighted by Gasteiger charge is 2.14. The van der Waals surface area contributed by atoms with E-state index in [9.17, 15) is 10.1 Å². The maximum Gasteiger partial charge on any atom is 0.266 e. The van der Waals surface area contributed by atoms with Crippen LogP contribution in [0.1, 0.15) is 24.5 Å². The number of carbonyl (C=O) groups is 1. The number of nitrogens with one attached hydrogen (secondary N) is 1. The van der Waals surface area contributed by atoms with Crippen molar-refractivity contribution in [2.24, 2.45) is 0 Å². The number of ether oxygens (including phenoxy) is 3. The van der Waals surface area contributed by atoms with Crippen molar-refractivity contribution in [1.29, 1.82) is 5.26 Å². The van der Waals surface area contributed by atoms with Crippen molar-refractivity contribution in [3.05, 3.63) is 86.9 Å². The normalized spacial score (nSPS) is 10.9. The minimum Gasteiger partial charge on any atom is -0.493 e. The molecule has 0 aromatic heterocycles. The molecule has 35 heavy (non-hydrogen) atoms. The van der Waals surface area contributed by atoms with E-state index in [0.29, 0.717) is 46.7 Å². The molecule has 0 aliphatic rings. The zero-order valence-electron chi connectivity index (χ0n) is 19.3. The maximum absolute atomic E-state index is 12.7. The van der Waals surface area contributed by atoms with Crippen LogP contribution in [0.5, 0.6) is 17.2 Å². The van der Waals surface area contributed by atoms with Crippen molar-refractivity contribution < 1.29 is 19.0 Å². The van der Waals surface area contributed by atoms with E-state index in [1.165, 1.54) is 13.2 Å². The molecule has 0 saturated carbocycles. The first-order valence-corrected chi connectivity index (χ1v) is 12.0. The first kappa shape index (κ1) is 26.1. The number of rotatable bonds is 10. The zero-order chi connectivity index (χ0) is 25.2. The molecular formula is C27H24BrClN2O4. The molecule has 0 heterocycles. The molecule has 1 amide bonds. The smallest absolute Gasteiger partial charge is 0.266 e. The van der Waals surface area contributed by atoms with E-state index >= 15 is 0 Å². The van der Waals surface area contributed by atoms with Crippen molar-refractivity contribution in [2.75, 3.05) is 19.0 Å². The predicted molar refractivity (Wildman–Crippen MR) is 141 cm³/mol. The SMILES string of the molecule is CCCOc1c(Cl)cc(/C=C(\C#N)C(=O)Nc2ccc(OCc3ccc(Br)cc3)cc2)cc1OC. The highest BCUT2D eigenvalue weighted by Crippen LogP contribution is 2.37. The Hall–Kier alpha value is -3.47. The third kappa shape index (κ3) is 7.51.